The molecule has 0 N–H and O–H groups in total. The maximum Gasteiger partial charge on any atom is 0.303 e. The van der Waals surface area contributed by atoms with Crippen molar-refractivity contribution in [2.45, 2.75) is 43.3 Å². The first kappa shape index (κ1) is 19.0. The van der Waals surface area contributed by atoms with Gasteiger partial charge in [-0.05, 0) is 62.9 Å². The van der Waals surface area contributed by atoms with E-state index in [1.54, 1.807) is 0 Å². The lowest BCUT2D eigenvalue weighted by Crippen LogP contribution is -2.39. The fraction of sp³-hybridized carbons (Fsp3) is 0.368. The molecule has 0 unspecified atom stereocenters. The average molecular weight is 409 g/mol. The van der Waals surface area contributed by atoms with Gasteiger partial charge in [-0.15, -0.1) is 9.13 Å². The summed E-state index contributed by atoms with van der Waals surface area (Å²) >= 11 is 7.40. The molecule has 0 saturated carbocycles. The number of nitrogens with zero attached hydrogens (tertiary/aromatic N) is 2. The molecule has 0 aliphatic carbocycles. The van der Waals surface area contributed by atoms with Gasteiger partial charge in [-0.2, -0.15) is 0 Å². The number of benzene rings is 1. The van der Waals surface area contributed by atoms with Crippen LogP contribution in [0.2, 0.25) is 0 Å². The van der Waals surface area contributed by atoms with Crippen LogP contribution < -0.4 is 9.13 Å². The molecule has 0 aliphatic rings. The fourth-order valence-corrected chi connectivity index (χ4v) is 6.92. The summed E-state index contributed by atoms with van der Waals surface area (Å²) < 4.78 is 7.50. The van der Waals surface area contributed by atoms with E-state index in [1.807, 2.05) is 46.2 Å². The van der Waals surface area contributed by atoms with Crippen LogP contribution >= 0.6 is 46.2 Å². The molecule has 0 aliphatic heterocycles. The summed E-state index contributed by atoms with van der Waals surface area (Å²) in [4.78, 5) is 2.77. The van der Waals surface area contributed by atoms with Gasteiger partial charge in [0, 0.05) is 26.0 Å². The van der Waals surface area contributed by atoms with Crippen LogP contribution in [0.15, 0.2) is 26.9 Å². The molecule has 0 fully saturated rings. The topological polar surface area (TPSA) is 7.76 Å². The van der Waals surface area contributed by atoms with Crippen molar-refractivity contribution in [2.75, 3.05) is 12.5 Å². The molecule has 3 rings (SSSR count). The SMILES string of the molecule is CSc1sc(C)c(C)[n+]1-c1cccc(-[n+]2c(SC)sc(C)c2C)c1C. The predicted molar refractivity (Wildman–Crippen MR) is 113 cm³/mol. The van der Waals surface area contributed by atoms with Crippen LogP contribution in [0, 0.1) is 34.6 Å². The summed E-state index contributed by atoms with van der Waals surface area (Å²) in [6.07, 6.45) is 4.32. The van der Waals surface area contributed by atoms with Crippen LogP contribution in [-0.4, -0.2) is 12.5 Å². The molecule has 2 nitrogen and oxygen atoms in total. The second-order valence-corrected chi connectivity index (χ2v) is 10.5. The molecule has 2 heterocycles. The van der Waals surface area contributed by atoms with E-state index < -0.39 is 0 Å². The number of hydrogen-bond acceptors (Lipinski definition) is 4. The third-order valence-electron chi connectivity index (χ3n) is 4.64. The Morgan fingerprint density at radius 3 is 1.48 bits per heavy atom. The fourth-order valence-electron chi connectivity index (χ4n) is 3.01. The zero-order valence-corrected chi connectivity index (χ0v) is 19.0. The maximum absolute atomic E-state index is 2.41. The van der Waals surface area contributed by atoms with Crippen LogP contribution in [0.3, 0.4) is 0 Å². The monoisotopic (exact) mass is 408 g/mol. The van der Waals surface area contributed by atoms with Crippen molar-refractivity contribution in [1.82, 2.24) is 0 Å². The summed E-state index contributed by atoms with van der Waals surface area (Å²) in [5.74, 6) is 0. The third kappa shape index (κ3) is 3.18. The highest BCUT2D eigenvalue weighted by molar-refractivity contribution is 8.00. The Kier molecular flexibility index (Phi) is 5.63. The highest BCUT2D eigenvalue weighted by Gasteiger charge is 2.30. The normalized spacial score (nSPS) is 11.3. The number of thiazole rings is 2. The summed E-state index contributed by atoms with van der Waals surface area (Å²) in [6.45, 7) is 11.1. The second-order valence-electron chi connectivity index (χ2n) is 6.02. The van der Waals surface area contributed by atoms with Crippen molar-refractivity contribution < 1.29 is 9.13 Å². The molecule has 132 valence electrons. The standard InChI is InChI=1S/C19H24N2S4/c1-11-16(20-12(2)14(4)24-18(20)22-6)9-8-10-17(11)21-13(3)15(5)25-19(21)23-7/h8-10H,1-7H3/q+2. The van der Waals surface area contributed by atoms with Gasteiger partial charge in [-0.3, -0.25) is 0 Å². The zero-order chi connectivity index (χ0) is 18.3. The summed E-state index contributed by atoms with van der Waals surface area (Å²) in [5.41, 5.74) is 6.56. The van der Waals surface area contributed by atoms with E-state index in [1.165, 1.54) is 46.8 Å². The van der Waals surface area contributed by atoms with E-state index >= 15 is 0 Å². The van der Waals surface area contributed by atoms with Crippen molar-refractivity contribution in [3.8, 4) is 11.4 Å². The minimum Gasteiger partial charge on any atom is -0.142 e. The minimum absolute atomic E-state index is 1.28. The van der Waals surface area contributed by atoms with Gasteiger partial charge in [0.05, 0.1) is 15.3 Å². The van der Waals surface area contributed by atoms with Gasteiger partial charge >= 0.3 is 8.68 Å². The quantitative estimate of drug-likeness (QED) is 0.425. The van der Waals surface area contributed by atoms with E-state index in [0.717, 1.165) is 0 Å². The summed E-state index contributed by atoms with van der Waals surface area (Å²) in [6, 6.07) is 6.67. The van der Waals surface area contributed by atoms with Crippen LogP contribution in [0.4, 0.5) is 0 Å². The van der Waals surface area contributed by atoms with Gasteiger partial charge in [-0.1, -0.05) is 22.7 Å². The average Bonchev–Trinajstić information content (AvgIpc) is 3.05. The van der Waals surface area contributed by atoms with Crippen molar-refractivity contribution in [1.29, 1.82) is 0 Å². The molecule has 0 amide bonds. The Morgan fingerprint density at radius 2 is 1.12 bits per heavy atom. The smallest absolute Gasteiger partial charge is 0.142 e. The maximum atomic E-state index is 2.41. The molecule has 3 aromatic rings. The summed E-state index contributed by atoms with van der Waals surface area (Å²) in [5, 5.41) is 0. The molecule has 0 saturated heterocycles. The van der Waals surface area contributed by atoms with Crippen molar-refractivity contribution in [3.63, 3.8) is 0 Å². The molecule has 2 aromatic heterocycles. The van der Waals surface area contributed by atoms with Crippen LogP contribution in [0.1, 0.15) is 26.7 Å². The van der Waals surface area contributed by atoms with Gasteiger partial charge < -0.3 is 0 Å². The Balaban J connectivity index is 2.28. The molecule has 0 radical (unpaired) electrons. The number of aryl methyl sites for hydroxylation is 2. The van der Waals surface area contributed by atoms with E-state index in [-0.39, 0.29) is 0 Å². The Morgan fingerprint density at radius 1 is 0.720 bits per heavy atom. The molecule has 0 atom stereocenters. The second kappa shape index (κ2) is 7.43. The molecule has 1 aromatic carbocycles. The minimum atomic E-state index is 1.28. The Bertz CT molecular complexity index is 865. The number of rotatable bonds is 4. The van der Waals surface area contributed by atoms with Crippen LogP contribution in [0.5, 0.6) is 0 Å². The zero-order valence-electron chi connectivity index (χ0n) is 15.8. The lowest BCUT2D eigenvalue weighted by Gasteiger charge is -2.05. The lowest BCUT2D eigenvalue weighted by molar-refractivity contribution is -0.643. The first-order valence-electron chi connectivity index (χ1n) is 8.13. The van der Waals surface area contributed by atoms with Crippen molar-refractivity contribution in [2.24, 2.45) is 0 Å². The molecule has 25 heavy (non-hydrogen) atoms. The van der Waals surface area contributed by atoms with E-state index in [2.05, 4.69) is 74.5 Å². The van der Waals surface area contributed by atoms with Gasteiger partial charge in [0.1, 0.15) is 0 Å². The van der Waals surface area contributed by atoms with Crippen LogP contribution in [0.25, 0.3) is 11.4 Å². The lowest BCUT2D eigenvalue weighted by atomic mass is 10.1. The van der Waals surface area contributed by atoms with Crippen molar-refractivity contribution in [3.05, 3.63) is 44.9 Å². The summed E-state index contributed by atoms with van der Waals surface area (Å²) in [7, 11) is 0. The largest absolute Gasteiger partial charge is 0.303 e. The van der Waals surface area contributed by atoms with E-state index in [4.69, 9.17) is 0 Å². The van der Waals surface area contributed by atoms with Crippen molar-refractivity contribution >= 4 is 46.2 Å². The van der Waals surface area contributed by atoms with Gasteiger partial charge in [0.15, 0.2) is 11.4 Å². The van der Waals surface area contributed by atoms with Gasteiger partial charge in [0.2, 0.25) is 11.4 Å². The van der Waals surface area contributed by atoms with E-state index in [9.17, 15) is 0 Å². The predicted octanol–water partition coefficient (Wildman–Crippen LogP) is 5.35. The van der Waals surface area contributed by atoms with E-state index in [0.29, 0.717) is 0 Å². The highest BCUT2D eigenvalue weighted by atomic mass is 32.2. The Labute approximate surface area is 166 Å². The van der Waals surface area contributed by atoms with Gasteiger partial charge in [0.25, 0.3) is 0 Å². The Hall–Kier alpha value is -0.820. The van der Waals surface area contributed by atoms with Crippen LogP contribution in [-0.2, 0) is 0 Å². The molecule has 0 bridgehead atoms. The first-order chi connectivity index (χ1) is 11.9. The molecular formula is C19H24N2S4+2. The molecule has 6 heteroatoms. The number of thioether (sulfide) groups is 2. The van der Waals surface area contributed by atoms with Gasteiger partial charge in [-0.25, -0.2) is 0 Å². The third-order valence-corrected chi connectivity index (χ3v) is 9.12. The number of aromatic nitrogens is 2. The molecular weight excluding hydrogens is 384 g/mol. The highest BCUT2D eigenvalue weighted by Crippen LogP contribution is 2.29. The molecule has 0 spiro atoms. The first-order valence-corrected chi connectivity index (χ1v) is 12.2. The number of hydrogen-bond donors (Lipinski definition) is 0.